The van der Waals surface area contributed by atoms with E-state index in [-0.39, 0.29) is 24.5 Å². The Labute approximate surface area is 115 Å². The smallest absolute Gasteiger partial charge is 0.329 e. The van der Waals surface area contributed by atoms with Crippen LogP contribution in [0.1, 0.15) is 19.8 Å². The van der Waals surface area contributed by atoms with Crippen molar-refractivity contribution in [3.63, 3.8) is 0 Å². The molecule has 0 fully saturated rings. The minimum Gasteiger partial charge on any atom is -0.469 e. The van der Waals surface area contributed by atoms with E-state index in [4.69, 9.17) is 0 Å². The molecule has 0 spiro atoms. The van der Waals surface area contributed by atoms with E-state index in [0.717, 1.165) is 12.6 Å². The number of nitrogens with one attached hydrogen (secondary N) is 2. The molecule has 0 saturated heterocycles. The van der Waals surface area contributed by atoms with E-state index in [1.54, 1.807) is 0 Å². The van der Waals surface area contributed by atoms with E-state index >= 15 is 0 Å². The Bertz CT molecular complexity index is 480. The zero-order valence-corrected chi connectivity index (χ0v) is 11.4. The topological polar surface area (TPSA) is 119 Å². The summed E-state index contributed by atoms with van der Waals surface area (Å²) in [5.41, 5.74) is -0.239. The second-order valence-electron chi connectivity index (χ2n) is 3.86. The minimum absolute atomic E-state index is 0.0764. The van der Waals surface area contributed by atoms with Crippen LogP contribution in [0.15, 0.2) is 6.20 Å². The number of rotatable bonds is 8. The van der Waals surface area contributed by atoms with Crippen molar-refractivity contribution < 1.29 is 14.5 Å². The molecule has 0 aliphatic heterocycles. The highest BCUT2D eigenvalue weighted by Gasteiger charge is 2.17. The Kier molecular flexibility index (Phi) is 6.14. The van der Waals surface area contributed by atoms with Gasteiger partial charge in [0.05, 0.1) is 18.5 Å². The minimum atomic E-state index is -0.579. The molecule has 20 heavy (non-hydrogen) atoms. The van der Waals surface area contributed by atoms with Crippen LogP contribution in [0.4, 0.5) is 17.5 Å². The Morgan fingerprint density at radius 2 is 2.20 bits per heavy atom. The molecule has 0 unspecified atom stereocenters. The van der Waals surface area contributed by atoms with Gasteiger partial charge in [-0.05, 0) is 6.42 Å². The zero-order valence-electron chi connectivity index (χ0n) is 11.4. The van der Waals surface area contributed by atoms with E-state index in [9.17, 15) is 14.9 Å². The van der Waals surface area contributed by atoms with Crippen molar-refractivity contribution in [3.05, 3.63) is 16.3 Å². The molecule has 0 aliphatic rings. The standard InChI is InChI=1S/C11H17N5O4/c1-3-5-13-11-14-7-8(16(18)19)10(15-11)12-6-4-9(17)20-2/h7H,3-6H2,1-2H3,(H2,12,13,14,15). The first-order chi connectivity index (χ1) is 9.58. The van der Waals surface area contributed by atoms with Gasteiger partial charge in [-0.15, -0.1) is 0 Å². The van der Waals surface area contributed by atoms with E-state index < -0.39 is 10.9 Å². The van der Waals surface area contributed by atoms with Gasteiger partial charge in [-0.3, -0.25) is 14.9 Å². The summed E-state index contributed by atoms with van der Waals surface area (Å²) < 4.78 is 4.48. The lowest BCUT2D eigenvalue weighted by molar-refractivity contribution is -0.384. The lowest BCUT2D eigenvalue weighted by Gasteiger charge is -2.08. The summed E-state index contributed by atoms with van der Waals surface area (Å²) in [7, 11) is 1.28. The number of aromatic nitrogens is 2. The number of hydrogen-bond acceptors (Lipinski definition) is 8. The molecule has 0 bridgehead atoms. The zero-order chi connectivity index (χ0) is 15.0. The van der Waals surface area contributed by atoms with Crippen LogP contribution in [0.5, 0.6) is 0 Å². The van der Waals surface area contributed by atoms with Crippen molar-refractivity contribution in [2.45, 2.75) is 19.8 Å². The third-order valence-corrected chi connectivity index (χ3v) is 2.35. The number of methoxy groups -OCH3 is 1. The van der Waals surface area contributed by atoms with Crippen molar-refractivity contribution in [2.75, 3.05) is 30.8 Å². The first-order valence-electron chi connectivity index (χ1n) is 6.14. The molecule has 1 rings (SSSR count). The van der Waals surface area contributed by atoms with Crippen molar-refractivity contribution in [1.29, 1.82) is 0 Å². The van der Waals surface area contributed by atoms with E-state index in [1.807, 2.05) is 6.92 Å². The third kappa shape index (κ3) is 4.67. The fourth-order valence-corrected chi connectivity index (χ4v) is 1.35. The molecule has 9 heteroatoms. The van der Waals surface area contributed by atoms with Crippen molar-refractivity contribution in [2.24, 2.45) is 0 Å². The van der Waals surface area contributed by atoms with Crippen LogP contribution in [-0.2, 0) is 9.53 Å². The van der Waals surface area contributed by atoms with Crippen molar-refractivity contribution in [1.82, 2.24) is 9.97 Å². The van der Waals surface area contributed by atoms with Gasteiger partial charge < -0.3 is 15.4 Å². The first-order valence-corrected chi connectivity index (χ1v) is 6.14. The number of carbonyl (C=O) groups is 1. The maximum atomic E-state index is 11.0. The fraction of sp³-hybridized carbons (Fsp3) is 0.545. The molecule has 0 aliphatic carbocycles. The quantitative estimate of drug-likeness (QED) is 0.414. The van der Waals surface area contributed by atoms with Gasteiger partial charge in [0.2, 0.25) is 11.8 Å². The Morgan fingerprint density at radius 3 is 2.80 bits per heavy atom. The van der Waals surface area contributed by atoms with Crippen LogP contribution in [0.3, 0.4) is 0 Å². The molecule has 0 radical (unpaired) electrons. The summed E-state index contributed by atoms with van der Waals surface area (Å²) in [5, 5.41) is 16.6. The molecule has 1 heterocycles. The lowest BCUT2D eigenvalue weighted by Crippen LogP contribution is -2.13. The molecule has 1 aromatic heterocycles. The summed E-state index contributed by atoms with van der Waals surface area (Å²) in [5.74, 6) is -0.0240. The van der Waals surface area contributed by atoms with Crippen LogP contribution >= 0.6 is 0 Å². The van der Waals surface area contributed by atoms with E-state index in [1.165, 1.54) is 7.11 Å². The Morgan fingerprint density at radius 1 is 1.45 bits per heavy atom. The summed E-state index contributed by atoms with van der Waals surface area (Å²) in [6.45, 7) is 2.84. The van der Waals surface area contributed by atoms with Gasteiger partial charge in [0.25, 0.3) is 0 Å². The Balaban J connectivity index is 2.77. The van der Waals surface area contributed by atoms with Crippen LogP contribution in [0, 0.1) is 10.1 Å². The lowest BCUT2D eigenvalue weighted by atomic mass is 10.4. The highest BCUT2D eigenvalue weighted by Crippen LogP contribution is 2.21. The van der Waals surface area contributed by atoms with Crippen LogP contribution < -0.4 is 10.6 Å². The maximum absolute atomic E-state index is 11.0. The van der Waals surface area contributed by atoms with Gasteiger partial charge >= 0.3 is 11.7 Å². The predicted molar refractivity (Wildman–Crippen MR) is 72.6 cm³/mol. The molecule has 0 aromatic carbocycles. The molecular formula is C11H17N5O4. The van der Waals surface area contributed by atoms with Gasteiger partial charge in [0.15, 0.2) is 0 Å². The molecule has 0 atom stereocenters. The van der Waals surface area contributed by atoms with Crippen molar-refractivity contribution in [3.8, 4) is 0 Å². The SMILES string of the molecule is CCCNc1ncc([N+](=O)[O-])c(NCCC(=O)OC)n1. The van der Waals surface area contributed by atoms with Gasteiger partial charge in [0.1, 0.15) is 6.20 Å². The van der Waals surface area contributed by atoms with Gasteiger partial charge in [-0.25, -0.2) is 4.98 Å². The summed E-state index contributed by atoms with van der Waals surface area (Å²) in [6.07, 6.45) is 2.10. The summed E-state index contributed by atoms with van der Waals surface area (Å²) in [4.78, 5) is 29.2. The van der Waals surface area contributed by atoms with Crippen LogP contribution in [-0.4, -0.2) is 41.1 Å². The van der Waals surface area contributed by atoms with Crippen LogP contribution in [0.25, 0.3) is 0 Å². The van der Waals surface area contributed by atoms with Gasteiger partial charge in [0, 0.05) is 13.1 Å². The Hall–Kier alpha value is -2.45. The highest BCUT2D eigenvalue weighted by molar-refractivity contribution is 5.70. The molecule has 1 aromatic rings. The molecule has 0 amide bonds. The second-order valence-corrected chi connectivity index (χ2v) is 3.86. The van der Waals surface area contributed by atoms with Gasteiger partial charge in [-0.2, -0.15) is 4.98 Å². The monoisotopic (exact) mass is 283 g/mol. The molecule has 0 saturated carbocycles. The number of carbonyl (C=O) groups excluding carboxylic acids is 1. The normalized spacial score (nSPS) is 9.90. The fourth-order valence-electron chi connectivity index (χ4n) is 1.35. The number of anilines is 2. The summed E-state index contributed by atoms with van der Waals surface area (Å²) >= 11 is 0. The number of hydrogen-bond donors (Lipinski definition) is 2. The molecule has 9 nitrogen and oxygen atoms in total. The highest BCUT2D eigenvalue weighted by atomic mass is 16.6. The maximum Gasteiger partial charge on any atom is 0.329 e. The summed E-state index contributed by atoms with van der Waals surface area (Å²) in [6, 6.07) is 0. The largest absolute Gasteiger partial charge is 0.469 e. The molecule has 2 N–H and O–H groups in total. The number of nitrogens with zero attached hydrogens (tertiary/aromatic N) is 3. The molecule has 110 valence electrons. The molecular weight excluding hydrogens is 266 g/mol. The number of esters is 1. The van der Waals surface area contributed by atoms with Gasteiger partial charge in [-0.1, -0.05) is 6.92 Å². The third-order valence-electron chi connectivity index (χ3n) is 2.35. The average molecular weight is 283 g/mol. The number of nitro groups is 1. The van der Waals surface area contributed by atoms with Crippen LogP contribution in [0.2, 0.25) is 0 Å². The first kappa shape index (κ1) is 15.6. The van der Waals surface area contributed by atoms with Crippen molar-refractivity contribution >= 4 is 23.4 Å². The number of ether oxygens (including phenoxy) is 1. The predicted octanol–water partition coefficient (Wildman–Crippen LogP) is 1.18. The van der Waals surface area contributed by atoms with E-state index in [2.05, 4.69) is 25.3 Å². The second kappa shape index (κ2) is 7.87. The van der Waals surface area contributed by atoms with E-state index in [0.29, 0.717) is 12.5 Å². The average Bonchev–Trinajstić information content (AvgIpc) is 2.44.